The van der Waals surface area contributed by atoms with E-state index in [1.807, 2.05) is 12.1 Å². The number of piperidine rings is 1. The highest BCUT2D eigenvalue weighted by Gasteiger charge is 2.37. The van der Waals surface area contributed by atoms with E-state index in [-0.39, 0.29) is 24.2 Å². The highest BCUT2D eigenvalue weighted by Crippen LogP contribution is 2.38. The number of hydrogen-bond donors (Lipinski definition) is 2. The molecule has 0 aliphatic carbocycles. The van der Waals surface area contributed by atoms with Gasteiger partial charge in [-0.2, -0.15) is 4.98 Å². The molecule has 3 rings (SSSR count). The fraction of sp³-hybridized carbons (Fsp3) is 0.455. The molecular weight excluding hydrogens is 422 g/mol. The zero-order chi connectivity index (χ0) is 21.7. The molecule has 0 spiro atoms. The smallest absolute Gasteiger partial charge is 0.319 e. The summed E-state index contributed by atoms with van der Waals surface area (Å²) in [6.45, 7) is 5.81. The van der Waals surface area contributed by atoms with Gasteiger partial charge in [-0.15, -0.1) is 19.0 Å². The summed E-state index contributed by atoms with van der Waals surface area (Å²) >= 11 is 0. The van der Waals surface area contributed by atoms with E-state index in [9.17, 15) is 10.2 Å². The lowest BCUT2D eigenvalue weighted by Gasteiger charge is -2.38. The lowest BCUT2D eigenvalue weighted by atomic mass is 9.85. The number of rotatable bonds is 8. The standard InChI is InChI=1S/C22H29N3O5.ClH/c1-5-6-16-11-15(12-18(28-2)19(16)26)14-25-9-7-22(27,8-10-25)17-13-23-21(30-4)24-20(17)29-3;/h5,11-13,26-27H,1,6-10,14H2,2-4H3;1H. The van der Waals surface area contributed by atoms with Crippen LogP contribution in [0.5, 0.6) is 23.4 Å². The number of aliphatic hydroxyl groups is 1. The van der Waals surface area contributed by atoms with Gasteiger partial charge in [-0.3, -0.25) is 4.90 Å². The van der Waals surface area contributed by atoms with Crippen molar-refractivity contribution in [3.05, 3.63) is 47.7 Å². The van der Waals surface area contributed by atoms with Gasteiger partial charge in [-0.1, -0.05) is 12.1 Å². The maximum absolute atomic E-state index is 11.2. The molecular formula is C22H30ClN3O5. The number of aromatic nitrogens is 2. The number of phenols is 1. The number of aromatic hydroxyl groups is 1. The first kappa shape index (κ1) is 24.7. The molecule has 0 atom stereocenters. The monoisotopic (exact) mass is 451 g/mol. The van der Waals surface area contributed by atoms with Gasteiger partial charge in [-0.05, 0) is 30.9 Å². The van der Waals surface area contributed by atoms with Crippen LogP contribution >= 0.6 is 12.4 Å². The van der Waals surface area contributed by atoms with E-state index in [1.165, 1.54) is 14.2 Å². The van der Waals surface area contributed by atoms with Crippen LogP contribution in [0.25, 0.3) is 0 Å². The Labute approximate surface area is 188 Å². The topological polar surface area (TPSA) is 97.2 Å². The second-order valence-corrected chi connectivity index (χ2v) is 7.39. The van der Waals surface area contributed by atoms with Gasteiger partial charge < -0.3 is 24.4 Å². The normalized spacial score (nSPS) is 15.6. The fourth-order valence-corrected chi connectivity index (χ4v) is 3.82. The number of benzene rings is 1. The molecule has 170 valence electrons. The Hall–Kier alpha value is -2.55. The van der Waals surface area contributed by atoms with Crippen molar-refractivity contribution in [2.45, 2.75) is 31.4 Å². The molecule has 1 aromatic carbocycles. The quantitative estimate of drug-likeness (QED) is 0.591. The molecule has 1 fully saturated rings. The molecule has 2 aromatic rings. The van der Waals surface area contributed by atoms with Crippen LogP contribution in [0.1, 0.15) is 29.5 Å². The third-order valence-electron chi connectivity index (χ3n) is 5.50. The van der Waals surface area contributed by atoms with Crippen molar-refractivity contribution in [1.82, 2.24) is 14.9 Å². The van der Waals surface area contributed by atoms with Gasteiger partial charge >= 0.3 is 6.01 Å². The van der Waals surface area contributed by atoms with Gasteiger partial charge in [0.25, 0.3) is 0 Å². The van der Waals surface area contributed by atoms with Crippen molar-refractivity contribution in [2.75, 3.05) is 34.4 Å². The lowest BCUT2D eigenvalue weighted by molar-refractivity contribution is -0.0300. The number of phenolic OH excluding ortho intramolecular Hbond substituents is 1. The van der Waals surface area contributed by atoms with E-state index >= 15 is 0 Å². The largest absolute Gasteiger partial charge is 0.504 e. The Morgan fingerprint density at radius 1 is 1.16 bits per heavy atom. The van der Waals surface area contributed by atoms with E-state index in [2.05, 4.69) is 21.4 Å². The molecule has 31 heavy (non-hydrogen) atoms. The van der Waals surface area contributed by atoms with Crippen molar-refractivity contribution in [3.63, 3.8) is 0 Å². The van der Waals surface area contributed by atoms with Gasteiger partial charge in [0.05, 0.1) is 32.5 Å². The van der Waals surface area contributed by atoms with Crippen LogP contribution in [0.2, 0.25) is 0 Å². The predicted molar refractivity (Wildman–Crippen MR) is 119 cm³/mol. The van der Waals surface area contributed by atoms with Gasteiger partial charge in [0.2, 0.25) is 5.88 Å². The van der Waals surface area contributed by atoms with E-state index < -0.39 is 5.60 Å². The molecule has 0 radical (unpaired) electrons. The van der Waals surface area contributed by atoms with Crippen molar-refractivity contribution < 1.29 is 24.4 Å². The third kappa shape index (κ3) is 5.39. The molecule has 0 unspecified atom stereocenters. The zero-order valence-corrected chi connectivity index (χ0v) is 18.9. The Balaban J connectivity index is 0.00000341. The van der Waals surface area contributed by atoms with E-state index in [0.717, 1.165) is 11.1 Å². The Morgan fingerprint density at radius 3 is 2.45 bits per heavy atom. The minimum Gasteiger partial charge on any atom is -0.504 e. The summed E-state index contributed by atoms with van der Waals surface area (Å²) in [4.78, 5) is 10.6. The molecule has 1 saturated heterocycles. The number of hydrogen-bond acceptors (Lipinski definition) is 8. The summed E-state index contributed by atoms with van der Waals surface area (Å²) in [5, 5.41) is 21.5. The van der Waals surface area contributed by atoms with E-state index in [0.29, 0.717) is 56.1 Å². The first-order chi connectivity index (χ1) is 14.4. The Bertz CT molecular complexity index is 901. The summed E-state index contributed by atoms with van der Waals surface area (Å²) in [6, 6.07) is 4.03. The molecule has 1 aliphatic heterocycles. The first-order valence-corrected chi connectivity index (χ1v) is 9.84. The molecule has 0 amide bonds. The van der Waals surface area contributed by atoms with Crippen LogP contribution in [-0.2, 0) is 18.6 Å². The maximum Gasteiger partial charge on any atom is 0.319 e. The third-order valence-corrected chi connectivity index (χ3v) is 5.50. The highest BCUT2D eigenvalue weighted by atomic mass is 35.5. The van der Waals surface area contributed by atoms with Crippen LogP contribution in [0, 0.1) is 0 Å². The number of likely N-dealkylation sites (tertiary alicyclic amines) is 1. The van der Waals surface area contributed by atoms with Crippen LogP contribution in [0.3, 0.4) is 0 Å². The molecule has 1 aliphatic rings. The lowest BCUT2D eigenvalue weighted by Crippen LogP contribution is -2.42. The molecule has 1 aromatic heterocycles. The molecule has 0 saturated carbocycles. The summed E-state index contributed by atoms with van der Waals surface area (Å²) in [6.07, 6.45) is 4.94. The van der Waals surface area contributed by atoms with Crippen molar-refractivity contribution in [1.29, 1.82) is 0 Å². The van der Waals surface area contributed by atoms with Crippen molar-refractivity contribution in [3.8, 4) is 23.4 Å². The van der Waals surface area contributed by atoms with E-state index in [1.54, 1.807) is 19.4 Å². The minimum atomic E-state index is -1.06. The van der Waals surface area contributed by atoms with E-state index in [4.69, 9.17) is 14.2 Å². The Kier molecular flexibility index (Phi) is 8.50. The second-order valence-electron chi connectivity index (χ2n) is 7.39. The molecule has 9 heteroatoms. The molecule has 8 nitrogen and oxygen atoms in total. The number of ether oxygens (including phenoxy) is 3. The predicted octanol–water partition coefficient (Wildman–Crippen LogP) is 2.84. The number of methoxy groups -OCH3 is 3. The molecule has 2 heterocycles. The number of halogens is 1. The SMILES string of the molecule is C=CCc1cc(CN2CCC(O)(c3cnc(OC)nc3OC)CC2)cc(OC)c1O.Cl. The average molecular weight is 452 g/mol. The van der Waals surface area contributed by atoms with Crippen LogP contribution in [-0.4, -0.2) is 59.5 Å². The maximum atomic E-state index is 11.2. The number of nitrogens with zero attached hydrogens (tertiary/aromatic N) is 3. The molecule has 0 bridgehead atoms. The van der Waals surface area contributed by atoms with Gasteiger partial charge in [-0.25, -0.2) is 4.98 Å². The summed E-state index contributed by atoms with van der Waals surface area (Å²) in [5.74, 6) is 0.939. The fourth-order valence-electron chi connectivity index (χ4n) is 3.82. The highest BCUT2D eigenvalue weighted by molar-refractivity contribution is 5.85. The van der Waals surface area contributed by atoms with Gasteiger partial charge in [0, 0.05) is 31.4 Å². The Morgan fingerprint density at radius 2 is 1.87 bits per heavy atom. The zero-order valence-electron chi connectivity index (χ0n) is 18.1. The minimum absolute atomic E-state index is 0. The average Bonchev–Trinajstić information content (AvgIpc) is 2.77. The summed E-state index contributed by atoms with van der Waals surface area (Å²) in [7, 11) is 4.55. The van der Waals surface area contributed by atoms with Gasteiger partial charge in [0.1, 0.15) is 0 Å². The molecule has 2 N–H and O–H groups in total. The van der Waals surface area contributed by atoms with Crippen molar-refractivity contribution in [2.24, 2.45) is 0 Å². The van der Waals surface area contributed by atoms with Crippen LogP contribution in [0.15, 0.2) is 31.0 Å². The summed E-state index contributed by atoms with van der Waals surface area (Å²) < 4.78 is 15.7. The van der Waals surface area contributed by atoms with Crippen LogP contribution < -0.4 is 14.2 Å². The first-order valence-electron chi connectivity index (χ1n) is 9.84. The van der Waals surface area contributed by atoms with Crippen molar-refractivity contribution >= 4 is 12.4 Å². The van der Waals surface area contributed by atoms with Gasteiger partial charge in [0.15, 0.2) is 11.5 Å². The second kappa shape index (κ2) is 10.7. The number of allylic oxidation sites excluding steroid dienone is 1. The van der Waals surface area contributed by atoms with Crippen LogP contribution in [0.4, 0.5) is 0 Å². The summed E-state index contributed by atoms with van der Waals surface area (Å²) in [5.41, 5.74) is 1.34.